The third-order valence-corrected chi connectivity index (χ3v) is 4.31. The van der Waals surface area contributed by atoms with Gasteiger partial charge in [-0.25, -0.2) is 4.98 Å². The Bertz CT molecular complexity index is 476. The summed E-state index contributed by atoms with van der Waals surface area (Å²) in [6.45, 7) is 5.99. The first-order valence-corrected chi connectivity index (χ1v) is 7.28. The van der Waals surface area contributed by atoms with Gasteiger partial charge in [-0.05, 0) is 27.4 Å². The first-order chi connectivity index (χ1) is 8.15. The summed E-state index contributed by atoms with van der Waals surface area (Å²) in [6.07, 6.45) is 3.99. The van der Waals surface area contributed by atoms with E-state index < -0.39 is 0 Å². The molecule has 92 valence electrons. The van der Waals surface area contributed by atoms with Gasteiger partial charge in [0.15, 0.2) is 0 Å². The van der Waals surface area contributed by atoms with Gasteiger partial charge in [0, 0.05) is 28.1 Å². The van der Waals surface area contributed by atoms with Gasteiger partial charge >= 0.3 is 0 Å². The predicted molar refractivity (Wildman–Crippen MR) is 75.3 cm³/mol. The van der Waals surface area contributed by atoms with Crippen LogP contribution in [-0.4, -0.2) is 15.6 Å². The summed E-state index contributed by atoms with van der Waals surface area (Å²) in [5.41, 5.74) is 1.09. The summed E-state index contributed by atoms with van der Waals surface area (Å²) in [5, 5.41) is 5.46. The maximum absolute atomic E-state index is 4.39. The van der Waals surface area contributed by atoms with Crippen LogP contribution < -0.4 is 5.32 Å². The second-order valence-electron chi connectivity index (χ2n) is 4.26. The van der Waals surface area contributed by atoms with Crippen LogP contribution in [-0.2, 0) is 13.1 Å². The third kappa shape index (κ3) is 3.66. The molecule has 17 heavy (non-hydrogen) atoms. The molecule has 0 aliphatic heterocycles. The lowest BCUT2D eigenvalue weighted by Gasteiger charge is -2.04. The van der Waals surface area contributed by atoms with Gasteiger partial charge in [0.05, 0.1) is 18.6 Å². The smallest absolute Gasteiger partial charge is 0.0953 e. The summed E-state index contributed by atoms with van der Waals surface area (Å²) < 4.78 is 3.30. The monoisotopic (exact) mass is 313 g/mol. The SMILES string of the molecule is CC(C)NCc1cn(Cc2sccc2Br)cn1. The third-order valence-electron chi connectivity index (χ3n) is 2.40. The Labute approximate surface area is 114 Å². The van der Waals surface area contributed by atoms with Crippen molar-refractivity contribution in [3.63, 3.8) is 0 Å². The quantitative estimate of drug-likeness (QED) is 0.918. The largest absolute Gasteiger partial charge is 0.332 e. The molecule has 0 amide bonds. The predicted octanol–water partition coefficient (Wildman–Crippen LogP) is 3.25. The van der Waals surface area contributed by atoms with Crippen LogP contribution in [0.2, 0.25) is 0 Å². The van der Waals surface area contributed by atoms with Crippen molar-refractivity contribution in [2.75, 3.05) is 0 Å². The lowest BCUT2D eigenvalue weighted by Crippen LogP contribution is -2.21. The van der Waals surface area contributed by atoms with Gasteiger partial charge in [0.2, 0.25) is 0 Å². The summed E-state index contributed by atoms with van der Waals surface area (Å²) in [7, 11) is 0. The van der Waals surface area contributed by atoms with Crippen molar-refractivity contribution < 1.29 is 0 Å². The van der Waals surface area contributed by atoms with Crippen LogP contribution in [0.1, 0.15) is 24.4 Å². The van der Waals surface area contributed by atoms with E-state index in [9.17, 15) is 0 Å². The highest BCUT2D eigenvalue weighted by molar-refractivity contribution is 9.10. The molecule has 0 aliphatic carbocycles. The summed E-state index contributed by atoms with van der Waals surface area (Å²) in [4.78, 5) is 5.71. The second-order valence-corrected chi connectivity index (χ2v) is 6.12. The van der Waals surface area contributed by atoms with Crippen molar-refractivity contribution >= 4 is 27.3 Å². The van der Waals surface area contributed by atoms with Crippen LogP contribution >= 0.6 is 27.3 Å². The number of thiophene rings is 1. The van der Waals surface area contributed by atoms with Crippen LogP contribution in [0.15, 0.2) is 28.4 Å². The minimum absolute atomic E-state index is 0.492. The van der Waals surface area contributed by atoms with Gasteiger partial charge in [-0.15, -0.1) is 11.3 Å². The van der Waals surface area contributed by atoms with E-state index in [-0.39, 0.29) is 0 Å². The molecule has 0 saturated heterocycles. The highest BCUT2D eigenvalue weighted by atomic mass is 79.9. The van der Waals surface area contributed by atoms with Crippen LogP contribution in [0.3, 0.4) is 0 Å². The van der Waals surface area contributed by atoms with E-state index in [1.807, 2.05) is 6.33 Å². The molecular weight excluding hydrogens is 298 g/mol. The zero-order valence-electron chi connectivity index (χ0n) is 9.98. The van der Waals surface area contributed by atoms with Gasteiger partial charge in [0.25, 0.3) is 0 Å². The molecule has 2 aromatic rings. The zero-order chi connectivity index (χ0) is 12.3. The van der Waals surface area contributed by atoms with Crippen LogP contribution in [0.4, 0.5) is 0 Å². The summed E-state index contributed by atoms with van der Waals surface area (Å²) >= 11 is 5.31. The molecule has 5 heteroatoms. The van der Waals surface area contributed by atoms with E-state index in [1.54, 1.807) is 11.3 Å². The lowest BCUT2D eigenvalue weighted by molar-refractivity contribution is 0.582. The fourth-order valence-electron chi connectivity index (χ4n) is 1.50. The molecule has 3 nitrogen and oxygen atoms in total. The molecule has 0 bridgehead atoms. The molecule has 0 saturated carbocycles. The first-order valence-electron chi connectivity index (χ1n) is 5.61. The minimum Gasteiger partial charge on any atom is -0.332 e. The maximum Gasteiger partial charge on any atom is 0.0953 e. The molecule has 2 rings (SSSR count). The molecule has 0 radical (unpaired) electrons. The van der Waals surface area contributed by atoms with Gasteiger partial charge in [-0.1, -0.05) is 13.8 Å². The Kier molecular flexibility index (Phi) is 4.36. The standard InChI is InChI=1S/C12H16BrN3S/c1-9(2)14-5-10-6-16(8-15-10)7-12-11(13)3-4-17-12/h3-4,6,8-9,14H,5,7H2,1-2H3. The van der Waals surface area contributed by atoms with E-state index in [1.165, 1.54) is 9.35 Å². The number of imidazole rings is 1. The Balaban J connectivity index is 1.97. The van der Waals surface area contributed by atoms with Crippen molar-refractivity contribution in [1.82, 2.24) is 14.9 Å². The molecule has 1 N–H and O–H groups in total. The molecule has 0 unspecified atom stereocenters. The Hall–Kier alpha value is -0.650. The summed E-state index contributed by atoms with van der Waals surface area (Å²) in [5.74, 6) is 0. The zero-order valence-corrected chi connectivity index (χ0v) is 12.4. The number of hydrogen-bond acceptors (Lipinski definition) is 3. The van der Waals surface area contributed by atoms with Crippen molar-refractivity contribution in [1.29, 1.82) is 0 Å². The van der Waals surface area contributed by atoms with Crippen LogP contribution in [0, 0.1) is 0 Å². The number of nitrogens with one attached hydrogen (secondary N) is 1. The van der Waals surface area contributed by atoms with Gasteiger partial charge in [-0.2, -0.15) is 0 Å². The molecule has 0 atom stereocenters. The van der Waals surface area contributed by atoms with Crippen LogP contribution in [0.25, 0.3) is 0 Å². The topological polar surface area (TPSA) is 29.9 Å². The first kappa shape index (κ1) is 12.8. The van der Waals surface area contributed by atoms with E-state index in [2.05, 4.69) is 62.3 Å². The normalized spacial score (nSPS) is 11.3. The fraction of sp³-hybridized carbons (Fsp3) is 0.417. The lowest BCUT2D eigenvalue weighted by atomic mass is 10.3. The van der Waals surface area contributed by atoms with Crippen molar-refractivity contribution in [3.05, 3.63) is 39.0 Å². The number of nitrogens with zero attached hydrogens (tertiary/aromatic N) is 2. The Morgan fingerprint density at radius 1 is 1.53 bits per heavy atom. The Morgan fingerprint density at radius 3 is 3.00 bits per heavy atom. The van der Waals surface area contributed by atoms with Gasteiger partial charge < -0.3 is 9.88 Å². The highest BCUT2D eigenvalue weighted by Crippen LogP contribution is 2.23. The average molecular weight is 314 g/mol. The number of rotatable bonds is 5. The van der Waals surface area contributed by atoms with E-state index in [4.69, 9.17) is 0 Å². The van der Waals surface area contributed by atoms with Gasteiger partial charge in [0.1, 0.15) is 0 Å². The molecule has 0 fully saturated rings. The van der Waals surface area contributed by atoms with Gasteiger partial charge in [-0.3, -0.25) is 0 Å². The van der Waals surface area contributed by atoms with E-state index >= 15 is 0 Å². The molecular formula is C12H16BrN3S. The second kappa shape index (κ2) is 5.80. The molecule has 0 aliphatic rings. The molecule has 0 spiro atoms. The number of aromatic nitrogens is 2. The molecule has 2 heterocycles. The average Bonchev–Trinajstić information content (AvgIpc) is 2.87. The van der Waals surface area contributed by atoms with Crippen LogP contribution in [0.5, 0.6) is 0 Å². The van der Waals surface area contributed by atoms with Crippen molar-refractivity contribution in [3.8, 4) is 0 Å². The molecule has 0 aromatic carbocycles. The van der Waals surface area contributed by atoms with E-state index in [0.717, 1.165) is 18.8 Å². The van der Waals surface area contributed by atoms with Crippen molar-refractivity contribution in [2.45, 2.75) is 33.0 Å². The maximum atomic E-state index is 4.39. The minimum atomic E-state index is 0.492. The summed E-state index contributed by atoms with van der Waals surface area (Å²) in [6, 6.07) is 2.57. The number of halogens is 1. The number of hydrogen-bond donors (Lipinski definition) is 1. The Morgan fingerprint density at radius 2 is 2.35 bits per heavy atom. The fourth-order valence-corrected chi connectivity index (χ4v) is 2.98. The highest BCUT2D eigenvalue weighted by Gasteiger charge is 2.04. The van der Waals surface area contributed by atoms with Crippen molar-refractivity contribution in [2.24, 2.45) is 0 Å². The van der Waals surface area contributed by atoms with E-state index in [0.29, 0.717) is 6.04 Å². The molecule has 2 aromatic heterocycles.